The second-order valence-electron chi connectivity index (χ2n) is 30.5. The number of methoxy groups -OCH3 is 4. The molecule has 16 nitrogen and oxygen atoms in total. The van der Waals surface area contributed by atoms with Gasteiger partial charge in [-0.05, 0) is 229 Å². The summed E-state index contributed by atoms with van der Waals surface area (Å²) in [6, 6.07) is 56.5. The number of hydrogen-bond donors (Lipinski definition) is 1. The van der Waals surface area contributed by atoms with Crippen molar-refractivity contribution in [2.24, 2.45) is 0 Å². The molecule has 0 spiro atoms. The van der Waals surface area contributed by atoms with Crippen molar-refractivity contribution in [3.05, 3.63) is 191 Å². The number of ether oxygens (including phenoxy) is 6. The molecule has 0 saturated carbocycles. The predicted molar refractivity (Wildman–Crippen MR) is 518 cm³/mol. The van der Waals surface area contributed by atoms with Crippen LogP contribution in [0.2, 0.25) is 0 Å². The van der Waals surface area contributed by atoms with Crippen molar-refractivity contribution in [1.29, 1.82) is 5.26 Å². The topological polar surface area (TPSA) is 200 Å². The molecular formula is C95H150N2O14P4S5-2. The fourth-order valence-electron chi connectivity index (χ4n) is 13.5. The molecule has 0 aliphatic heterocycles. The van der Waals surface area contributed by atoms with Crippen molar-refractivity contribution in [3.8, 4) is 29.1 Å². The molecule has 0 amide bonds. The van der Waals surface area contributed by atoms with E-state index in [2.05, 4.69) is 173 Å². The van der Waals surface area contributed by atoms with E-state index < -0.39 is 34.9 Å². The first-order valence-corrected chi connectivity index (χ1v) is 56.6. The second-order valence-corrected chi connectivity index (χ2v) is 44.5. The standard InChI is InChI=1S/C42H61N2O5PS2.C34H47O6PS2.C12H27P.C7H17O3PS/c1-35(2)44(36(3)4)50(49-32-18-29-43)48-31-15-8-10-17-34-52-51-33-16-9-7-14-30-47-42(37-19-12-11-13-20-37,38-21-25-40(45-5)26-22-38)39-23-27-41(46-6)28-24-39;1-37-32-21-17-30(18-22-32)34(29-15-9-8-10-16-29,31-19-23-33(38-2)24-20-31)39-25-11-4-6-13-27-43(42)28-14-7-5-12-26-40-41(3,35)36;1-4-7-10-13(11-8-5-2)12-9-6-3;1-11(8,9)10-6-4-2-3-5-7-12/h11-13,19-28,35-36H,7-10,14-18,30-34H2,1-6H3;8-10,15-24H,4-7,11-14,25-28H2,1-3H3,(H,35,36);4-12H2,1-3H3;12H,2-7H2,1H3,(H,8,9)/p-2. The van der Waals surface area contributed by atoms with Crippen LogP contribution in [0, 0.1) is 11.3 Å². The Labute approximate surface area is 750 Å². The molecule has 0 N–H and O–H groups in total. The first-order chi connectivity index (χ1) is 58.1. The molecule has 120 heavy (non-hydrogen) atoms. The first-order valence-electron chi connectivity index (χ1n) is 44.0. The van der Waals surface area contributed by atoms with Gasteiger partial charge in [-0.3, -0.25) is 0 Å². The number of rotatable bonds is 65. The predicted octanol–water partition coefficient (Wildman–Crippen LogP) is 25.8. The molecular weight excluding hydrogens is 1680 g/mol. The smallest absolute Gasteiger partial charge is 0.259 e. The van der Waals surface area contributed by atoms with Crippen LogP contribution >= 0.6 is 65.9 Å². The molecule has 0 aromatic heterocycles. The van der Waals surface area contributed by atoms with Crippen LogP contribution in [-0.2, 0) is 68.5 Å². The number of benzene rings is 6. The summed E-state index contributed by atoms with van der Waals surface area (Å²) in [6.07, 6.45) is 35.1. The summed E-state index contributed by atoms with van der Waals surface area (Å²) in [4.78, 5) is 21.5. The summed E-state index contributed by atoms with van der Waals surface area (Å²) in [5.74, 6) is 8.68. The van der Waals surface area contributed by atoms with Gasteiger partial charge in [-0.25, -0.2) is 4.67 Å². The molecule has 0 fully saturated rings. The van der Waals surface area contributed by atoms with Gasteiger partial charge in [-0.15, -0.1) is 17.4 Å². The van der Waals surface area contributed by atoms with Gasteiger partial charge in [0.2, 0.25) is 0 Å². The molecule has 676 valence electrons. The largest absolute Gasteiger partial charge is 0.779 e. The van der Waals surface area contributed by atoms with E-state index in [4.69, 9.17) is 58.4 Å². The van der Waals surface area contributed by atoms with Crippen LogP contribution in [0.25, 0.3) is 0 Å². The third-order valence-corrected chi connectivity index (χ3v) is 31.5. The molecule has 6 rings (SSSR count). The molecule has 0 aliphatic rings. The summed E-state index contributed by atoms with van der Waals surface area (Å²) in [5, 5.41) is 8.90. The Morgan fingerprint density at radius 3 is 1.04 bits per heavy atom. The SMILES string of the molecule is CCCCP(CCCC)CCCC.COc1ccc(C(OCCCCCCS(=S)CCCCCCOP(C)(=O)[O-])(c2ccccc2)c2ccc(OC)cc2)cc1.COc1ccc(C(OCCCCCCSSCCCCCCOP(OCCC#N)N(C(C)C)C(C)C)(c2ccccc2)c2ccc(OC)cc2)cc1.CP(=O)([O-])OCCCCCCS. The average molecular weight is 1830 g/mol. The monoisotopic (exact) mass is 1830 g/mol. The normalized spacial score (nSPS) is 13.1. The highest BCUT2D eigenvalue weighted by Gasteiger charge is 2.39. The van der Waals surface area contributed by atoms with E-state index in [1.165, 1.54) is 82.1 Å². The minimum atomic E-state index is -3.60. The minimum absolute atomic E-state index is 0.0127. The van der Waals surface area contributed by atoms with Crippen LogP contribution in [-0.4, -0.2) is 145 Å². The molecule has 0 aliphatic carbocycles. The van der Waals surface area contributed by atoms with Crippen LogP contribution in [0.4, 0.5) is 0 Å². The van der Waals surface area contributed by atoms with Gasteiger partial charge in [0, 0.05) is 50.1 Å². The van der Waals surface area contributed by atoms with E-state index in [0.29, 0.717) is 59.5 Å². The summed E-state index contributed by atoms with van der Waals surface area (Å²) in [7, 11) is 2.97. The third kappa shape index (κ3) is 47.4. The lowest BCUT2D eigenvalue weighted by Crippen LogP contribution is -2.33. The Kier molecular flexibility index (Phi) is 63.5. The lowest BCUT2D eigenvalue weighted by molar-refractivity contribution is -0.197. The number of hydrogen-bond acceptors (Lipinski definition) is 20. The second kappa shape index (κ2) is 68.7. The Hall–Kier alpha value is -3.41. The van der Waals surface area contributed by atoms with Crippen LogP contribution in [0.3, 0.4) is 0 Å². The fraction of sp³-hybridized carbons (Fsp3) is 0.611. The number of thiol groups is 1. The molecule has 25 heteroatoms. The Morgan fingerprint density at radius 2 is 0.733 bits per heavy atom. The Bertz CT molecular complexity index is 3500. The molecule has 4 atom stereocenters. The van der Waals surface area contributed by atoms with Gasteiger partial charge in [0.25, 0.3) is 8.53 Å². The fourth-order valence-corrected chi connectivity index (χ4v) is 23.4. The van der Waals surface area contributed by atoms with Gasteiger partial charge in [-0.1, -0.05) is 246 Å². The maximum atomic E-state index is 11.0. The zero-order chi connectivity index (χ0) is 87.8. The molecule has 0 heterocycles. The van der Waals surface area contributed by atoms with E-state index in [-0.39, 0.29) is 16.1 Å². The van der Waals surface area contributed by atoms with Gasteiger partial charge < -0.3 is 65.4 Å². The van der Waals surface area contributed by atoms with Crippen LogP contribution < -0.4 is 28.7 Å². The van der Waals surface area contributed by atoms with Crippen molar-refractivity contribution in [1.82, 2.24) is 4.67 Å². The Morgan fingerprint density at radius 1 is 0.433 bits per heavy atom. The van der Waals surface area contributed by atoms with E-state index in [9.17, 15) is 18.9 Å². The maximum Gasteiger partial charge on any atom is 0.259 e. The maximum absolute atomic E-state index is 11.0. The van der Waals surface area contributed by atoms with E-state index in [0.717, 1.165) is 183 Å². The van der Waals surface area contributed by atoms with Gasteiger partial charge in [-0.2, -0.15) is 17.9 Å². The summed E-state index contributed by atoms with van der Waals surface area (Å²) in [5.41, 5.74) is 4.87. The van der Waals surface area contributed by atoms with Gasteiger partial charge in [0.15, 0.2) is 0 Å². The number of unbranched alkanes of at least 4 members (excludes halogenated alkanes) is 18. The number of nitrogens with zero attached hydrogens (tertiary/aromatic N) is 2. The zero-order valence-corrected chi connectivity index (χ0v) is 82.9. The molecule has 0 saturated heterocycles. The first kappa shape index (κ1) is 111. The van der Waals surface area contributed by atoms with Crippen molar-refractivity contribution >= 4 is 86.5 Å². The zero-order valence-electron chi connectivity index (χ0n) is 75.1. The highest BCUT2D eigenvalue weighted by Crippen LogP contribution is 2.48. The van der Waals surface area contributed by atoms with Crippen molar-refractivity contribution in [3.63, 3.8) is 0 Å². The third-order valence-electron chi connectivity index (χ3n) is 19.9. The summed E-state index contributed by atoms with van der Waals surface area (Å²) in [6.45, 7) is 20.9. The van der Waals surface area contributed by atoms with Gasteiger partial charge in [0.1, 0.15) is 49.4 Å². The Balaban J connectivity index is 0.000000486. The van der Waals surface area contributed by atoms with E-state index in [1.807, 2.05) is 82.3 Å². The van der Waals surface area contributed by atoms with Crippen molar-refractivity contribution < 1.29 is 65.4 Å². The van der Waals surface area contributed by atoms with Gasteiger partial charge >= 0.3 is 0 Å². The number of nitriles is 1. The lowest BCUT2D eigenvalue weighted by Gasteiger charge is -2.36. The molecule has 6 aromatic carbocycles. The summed E-state index contributed by atoms with van der Waals surface area (Å²) < 4.78 is 81.2. The highest BCUT2D eigenvalue weighted by atomic mass is 33.1. The lowest BCUT2D eigenvalue weighted by atomic mass is 9.80. The van der Waals surface area contributed by atoms with E-state index in [1.54, 1.807) is 46.9 Å². The highest BCUT2D eigenvalue weighted by molar-refractivity contribution is 8.76. The van der Waals surface area contributed by atoms with Crippen molar-refractivity contribution in [2.45, 2.75) is 245 Å². The van der Waals surface area contributed by atoms with Gasteiger partial charge in [0.05, 0.1) is 67.4 Å². The quantitative estimate of drug-likeness (QED) is 0.0124. The average Bonchev–Trinajstić information content (AvgIpc) is 0.760. The molecule has 0 radical (unpaired) electrons. The van der Waals surface area contributed by atoms with Crippen LogP contribution in [0.1, 0.15) is 255 Å². The van der Waals surface area contributed by atoms with Crippen LogP contribution in [0.5, 0.6) is 23.0 Å². The summed E-state index contributed by atoms with van der Waals surface area (Å²) >= 11 is 9.78. The van der Waals surface area contributed by atoms with E-state index >= 15 is 0 Å². The molecule has 4 unspecified atom stereocenters. The van der Waals surface area contributed by atoms with Crippen LogP contribution in [0.15, 0.2) is 158 Å². The van der Waals surface area contributed by atoms with Crippen molar-refractivity contribution in [2.75, 3.05) is 129 Å². The molecule has 6 aromatic rings. The molecule has 0 bridgehead atoms. The minimum Gasteiger partial charge on any atom is -0.779 e.